The van der Waals surface area contributed by atoms with Crippen molar-refractivity contribution < 1.29 is 13.2 Å². The summed E-state index contributed by atoms with van der Waals surface area (Å²) in [5.41, 5.74) is 0.722. The summed E-state index contributed by atoms with van der Waals surface area (Å²) in [6.45, 7) is 0.694. The monoisotopic (exact) mass is 398 g/mol. The summed E-state index contributed by atoms with van der Waals surface area (Å²) in [4.78, 5) is 18.8. The van der Waals surface area contributed by atoms with Gasteiger partial charge in [-0.25, -0.2) is 8.42 Å². The molecule has 2 bridgehead atoms. The third-order valence-electron chi connectivity index (χ3n) is 5.49. The van der Waals surface area contributed by atoms with Gasteiger partial charge in [0.05, 0.1) is 11.7 Å². The number of hydrogen-bond donors (Lipinski definition) is 1. The predicted molar refractivity (Wildman–Crippen MR) is 99.9 cm³/mol. The van der Waals surface area contributed by atoms with Crippen molar-refractivity contribution in [3.63, 3.8) is 0 Å². The van der Waals surface area contributed by atoms with Crippen molar-refractivity contribution in [3.8, 4) is 0 Å². The molecule has 0 aliphatic carbocycles. The summed E-state index contributed by atoms with van der Waals surface area (Å²) in [7, 11) is -3.73. The number of H-pyrrole nitrogens is 1. The largest absolute Gasteiger partial charge is 0.334 e. The normalized spacial score (nSPS) is 22.6. The van der Waals surface area contributed by atoms with E-state index in [0.717, 1.165) is 18.2 Å². The number of pyridine rings is 1. The van der Waals surface area contributed by atoms with E-state index in [9.17, 15) is 13.2 Å². The van der Waals surface area contributed by atoms with Crippen LogP contribution in [0.25, 0.3) is 10.9 Å². The van der Waals surface area contributed by atoms with E-state index in [1.807, 2.05) is 12.1 Å². The van der Waals surface area contributed by atoms with Crippen molar-refractivity contribution in [2.24, 2.45) is 0 Å². The minimum absolute atomic E-state index is 0.221. The molecule has 0 spiro atoms. The number of carbonyl (C=O) groups excluding carboxylic acids is 1. The highest BCUT2D eigenvalue weighted by Gasteiger charge is 2.48. The van der Waals surface area contributed by atoms with Crippen molar-refractivity contribution >= 4 is 26.8 Å². The molecular formula is C18H18N6O3S. The molecule has 2 saturated heterocycles. The smallest absolute Gasteiger partial charge is 0.276 e. The molecule has 3 aromatic rings. The van der Waals surface area contributed by atoms with Crippen molar-refractivity contribution in [3.05, 3.63) is 48.4 Å². The fourth-order valence-electron chi connectivity index (χ4n) is 4.29. The van der Waals surface area contributed by atoms with Gasteiger partial charge in [-0.2, -0.15) is 19.7 Å². The highest BCUT2D eigenvalue weighted by molar-refractivity contribution is 7.89. The first kappa shape index (κ1) is 17.3. The fourth-order valence-corrected chi connectivity index (χ4v) is 6.31. The molecule has 0 radical (unpaired) electrons. The van der Waals surface area contributed by atoms with E-state index in [1.54, 1.807) is 33.6 Å². The summed E-state index contributed by atoms with van der Waals surface area (Å²) in [5.74, 6) is -0.227. The van der Waals surface area contributed by atoms with Gasteiger partial charge in [0.25, 0.3) is 5.91 Å². The molecular weight excluding hydrogens is 380 g/mol. The minimum Gasteiger partial charge on any atom is -0.334 e. The second-order valence-corrected chi connectivity index (χ2v) is 8.93. The second kappa shape index (κ2) is 6.35. The van der Waals surface area contributed by atoms with Crippen molar-refractivity contribution in [1.82, 2.24) is 29.6 Å². The average Bonchev–Trinajstić information content (AvgIpc) is 3.34. The van der Waals surface area contributed by atoms with Crippen LogP contribution in [-0.4, -0.2) is 69.1 Å². The lowest BCUT2D eigenvalue weighted by atomic mass is 10.2. The lowest BCUT2D eigenvalue weighted by molar-refractivity contribution is 0.0609. The number of nitrogens with zero attached hydrogens (tertiary/aromatic N) is 5. The van der Waals surface area contributed by atoms with Crippen molar-refractivity contribution in [2.45, 2.75) is 29.8 Å². The van der Waals surface area contributed by atoms with Gasteiger partial charge in [0.2, 0.25) is 10.0 Å². The molecule has 0 saturated carbocycles. The van der Waals surface area contributed by atoms with Crippen LogP contribution in [0.5, 0.6) is 0 Å². The Kier molecular flexibility index (Phi) is 3.91. The van der Waals surface area contributed by atoms with Gasteiger partial charge < -0.3 is 4.90 Å². The first-order valence-electron chi connectivity index (χ1n) is 9.08. The van der Waals surface area contributed by atoms with Gasteiger partial charge in [-0.3, -0.25) is 9.78 Å². The Labute approximate surface area is 161 Å². The van der Waals surface area contributed by atoms with Crippen LogP contribution < -0.4 is 0 Å². The quantitative estimate of drug-likeness (QED) is 0.705. The van der Waals surface area contributed by atoms with Gasteiger partial charge in [0.15, 0.2) is 5.69 Å². The average molecular weight is 398 g/mol. The van der Waals surface area contributed by atoms with Crippen LogP contribution >= 0.6 is 0 Å². The van der Waals surface area contributed by atoms with Crippen molar-refractivity contribution in [2.75, 3.05) is 13.1 Å². The lowest BCUT2D eigenvalue weighted by Crippen LogP contribution is -2.57. The summed E-state index contributed by atoms with van der Waals surface area (Å²) < 4.78 is 28.6. The molecule has 2 aliphatic heterocycles. The lowest BCUT2D eigenvalue weighted by Gasteiger charge is -2.39. The zero-order chi connectivity index (χ0) is 19.3. The van der Waals surface area contributed by atoms with Gasteiger partial charge >= 0.3 is 0 Å². The summed E-state index contributed by atoms with van der Waals surface area (Å²) in [5, 5.41) is 10.7. The number of sulfonamides is 1. The van der Waals surface area contributed by atoms with Crippen LogP contribution in [0.1, 0.15) is 23.3 Å². The Bertz CT molecular complexity index is 1130. The number of fused-ring (bicyclic) bond motifs is 3. The highest BCUT2D eigenvalue weighted by Crippen LogP contribution is 2.37. The number of rotatable bonds is 3. The second-order valence-electron chi connectivity index (χ2n) is 7.12. The zero-order valence-corrected chi connectivity index (χ0v) is 15.7. The Balaban J connectivity index is 1.48. The van der Waals surface area contributed by atoms with Crippen LogP contribution in [-0.2, 0) is 10.0 Å². The molecule has 2 unspecified atom stereocenters. The number of likely N-dealkylation sites (tertiary alicyclic amines) is 1. The van der Waals surface area contributed by atoms with Crippen LogP contribution in [0.3, 0.4) is 0 Å². The number of para-hydroxylation sites is 1. The number of aromatic amines is 1. The first-order valence-corrected chi connectivity index (χ1v) is 10.5. The van der Waals surface area contributed by atoms with Crippen LogP contribution in [0.4, 0.5) is 0 Å². The molecule has 1 N–H and O–H groups in total. The molecule has 9 nitrogen and oxygen atoms in total. The number of piperazine rings is 1. The molecule has 1 amide bonds. The molecule has 2 atom stereocenters. The molecule has 2 aliphatic rings. The molecule has 144 valence electrons. The molecule has 2 fully saturated rings. The predicted octanol–water partition coefficient (Wildman–Crippen LogP) is 1.03. The summed E-state index contributed by atoms with van der Waals surface area (Å²) >= 11 is 0. The Morgan fingerprint density at radius 1 is 1.11 bits per heavy atom. The van der Waals surface area contributed by atoms with Gasteiger partial charge in [-0.1, -0.05) is 18.2 Å². The molecule has 5 rings (SSSR count). The first-order chi connectivity index (χ1) is 13.6. The maximum Gasteiger partial charge on any atom is 0.276 e. The van der Waals surface area contributed by atoms with Crippen LogP contribution in [0, 0.1) is 0 Å². The highest BCUT2D eigenvalue weighted by atomic mass is 32.2. The van der Waals surface area contributed by atoms with E-state index in [4.69, 9.17) is 0 Å². The number of hydrogen-bond acceptors (Lipinski definition) is 6. The number of amides is 1. The van der Waals surface area contributed by atoms with E-state index < -0.39 is 10.0 Å². The molecule has 1 aromatic carbocycles. The van der Waals surface area contributed by atoms with E-state index >= 15 is 0 Å². The van der Waals surface area contributed by atoms with Gasteiger partial charge in [-0.15, -0.1) is 0 Å². The number of nitrogens with one attached hydrogen (secondary N) is 1. The van der Waals surface area contributed by atoms with Gasteiger partial charge in [-0.05, 0) is 25.0 Å². The number of aromatic nitrogens is 4. The maximum atomic E-state index is 13.5. The van der Waals surface area contributed by atoms with Crippen LogP contribution in [0.15, 0.2) is 47.6 Å². The van der Waals surface area contributed by atoms with Gasteiger partial charge in [0, 0.05) is 36.8 Å². The summed E-state index contributed by atoms with van der Waals surface area (Å²) in [6, 6.07) is 8.34. The molecule has 10 heteroatoms. The van der Waals surface area contributed by atoms with E-state index in [2.05, 4.69) is 20.4 Å². The fraction of sp³-hybridized carbons (Fsp3) is 0.333. The Hall–Kier alpha value is -2.85. The topological polar surface area (TPSA) is 112 Å². The van der Waals surface area contributed by atoms with E-state index in [-0.39, 0.29) is 28.6 Å². The maximum absolute atomic E-state index is 13.5. The zero-order valence-electron chi connectivity index (χ0n) is 14.9. The Morgan fingerprint density at radius 3 is 2.57 bits per heavy atom. The van der Waals surface area contributed by atoms with E-state index in [0.29, 0.717) is 18.6 Å². The van der Waals surface area contributed by atoms with E-state index in [1.165, 1.54) is 6.20 Å². The SMILES string of the molecule is O=C(c1cn[nH]n1)N1CC2CCC(C1)N2S(=O)(=O)c1cccc2cccnc12. The third-order valence-corrected chi connectivity index (χ3v) is 7.52. The number of benzene rings is 1. The van der Waals surface area contributed by atoms with Gasteiger partial charge in [0.1, 0.15) is 4.90 Å². The third kappa shape index (κ3) is 2.60. The Morgan fingerprint density at radius 2 is 1.86 bits per heavy atom. The minimum atomic E-state index is -3.73. The summed E-state index contributed by atoms with van der Waals surface area (Å²) in [6.07, 6.45) is 4.44. The standard InChI is InChI=1S/C18H18N6O3S/c25-18(15-9-20-22-21-15)23-10-13-6-7-14(11-23)24(13)28(26,27)16-5-1-3-12-4-2-8-19-17(12)16/h1-5,8-9,13-14H,6-7,10-11H2,(H,20,21,22). The molecule has 28 heavy (non-hydrogen) atoms. The number of carbonyl (C=O) groups is 1. The molecule has 2 aromatic heterocycles. The van der Waals surface area contributed by atoms with Crippen molar-refractivity contribution in [1.29, 1.82) is 0 Å². The van der Waals surface area contributed by atoms with Crippen LogP contribution in [0.2, 0.25) is 0 Å². The molecule has 4 heterocycles.